The van der Waals surface area contributed by atoms with Gasteiger partial charge in [0.15, 0.2) is 5.16 Å². The second-order valence-corrected chi connectivity index (χ2v) is 7.25. The SMILES string of the molecule is C=C(C)C(=O)OCCCCCCSc1ncc(C)c(=O)n1C(=O)CCC. The van der Waals surface area contributed by atoms with Crippen molar-refractivity contribution in [1.82, 2.24) is 9.55 Å². The Labute approximate surface area is 159 Å². The van der Waals surface area contributed by atoms with Crippen molar-refractivity contribution in [3.63, 3.8) is 0 Å². The van der Waals surface area contributed by atoms with Crippen LogP contribution in [-0.2, 0) is 9.53 Å². The molecule has 0 saturated carbocycles. The molecule has 0 amide bonds. The molecule has 0 aromatic carbocycles. The number of carbonyl (C=O) groups is 2. The fourth-order valence-electron chi connectivity index (χ4n) is 2.18. The van der Waals surface area contributed by atoms with Crippen molar-refractivity contribution in [3.05, 3.63) is 34.3 Å². The number of carbonyl (C=O) groups excluding carboxylic acids is 2. The number of esters is 1. The van der Waals surface area contributed by atoms with Gasteiger partial charge in [0.25, 0.3) is 5.56 Å². The van der Waals surface area contributed by atoms with E-state index in [1.807, 2.05) is 6.92 Å². The quantitative estimate of drug-likeness (QED) is 0.191. The molecule has 26 heavy (non-hydrogen) atoms. The fraction of sp³-hybridized carbons (Fsp3) is 0.579. The number of aromatic nitrogens is 2. The van der Waals surface area contributed by atoms with Crippen molar-refractivity contribution < 1.29 is 14.3 Å². The summed E-state index contributed by atoms with van der Waals surface area (Å²) in [6.45, 7) is 9.15. The average molecular weight is 381 g/mol. The zero-order chi connectivity index (χ0) is 19.5. The molecule has 0 atom stereocenters. The first-order chi connectivity index (χ1) is 12.4. The van der Waals surface area contributed by atoms with Gasteiger partial charge in [-0.25, -0.2) is 14.3 Å². The highest BCUT2D eigenvalue weighted by atomic mass is 32.2. The maximum atomic E-state index is 12.3. The van der Waals surface area contributed by atoms with E-state index in [0.29, 0.717) is 35.7 Å². The number of aryl methyl sites for hydroxylation is 1. The van der Waals surface area contributed by atoms with Crippen LogP contribution in [0.4, 0.5) is 0 Å². The summed E-state index contributed by atoms with van der Waals surface area (Å²) in [5.41, 5.74) is 0.610. The predicted octanol–water partition coefficient (Wildman–Crippen LogP) is 3.76. The number of hydrogen-bond acceptors (Lipinski definition) is 6. The van der Waals surface area contributed by atoms with E-state index >= 15 is 0 Å². The van der Waals surface area contributed by atoms with Gasteiger partial charge in [0.1, 0.15) is 0 Å². The molecule has 0 aliphatic rings. The molecule has 0 saturated heterocycles. The Bertz CT molecular complexity index is 697. The first-order valence-electron chi connectivity index (χ1n) is 8.95. The summed E-state index contributed by atoms with van der Waals surface area (Å²) in [6.07, 6.45) is 6.23. The van der Waals surface area contributed by atoms with Gasteiger partial charge < -0.3 is 4.74 Å². The normalized spacial score (nSPS) is 10.6. The summed E-state index contributed by atoms with van der Waals surface area (Å²) < 4.78 is 6.25. The monoisotopic (exact) mass is 380 g/mol. The maximum Gasteiger partial charge on any atom is 0.333 e. The summed E-state index contributed by atoms with van der Waals surface area (Å²) in [7, 11) is 0. The first-order valence-corrected chi connectivity index (χ1v) is 9.94. The van der Waals surface area contributed by atoms with Gasteiger partial charge in [0.05, 0.1) is 6.61 Å². The predicted molar refractivity (Wildman–Crippen MR) is 104 cm³/mol. The lowest BCUT2D eigenvalue weighted by Gasteiger charge is -2.10. The molecule has 0 radical (unpaired) electrons. The molecule has 144 valence electrons. The van der Waals surface area contributed by atoms with Crippen LogP contribution in [0.15, 0.2) is 28.3 Å². The van der Waals surface area contributed by atoms with Crippen LogP contribution < -0.4 is 5.56 Å². The Balaban J connectivity index is 2.40. The third-order valence-corrected chi connectivity index (χ3v) is 4.70. The molecule has 1 aromatic rings. The van der Waals surface area contributed by atoms with Gasteiger partial charge in [-0.15, -0.1) is 0 Å². The maximum absolute atomic E-state index is 12.3. The van der Waals surface area contributed by atoms with Crippen LogP contribution in [0.5, 0.6) is 0 Å². The number of rotatable bonds is 11. The average Bonchev–Trinajstić information content (AvgIpc) is 2.60. The van der Waals surface area contributed by atoms with Crippen molar-refractivity contribution in [2.45, 2.75) is 64.5 Å². The highest BCUT2D eigenvalue weighted by Crippen LogP contribution is 2.17. The minimum Gasteiger partial charge on any atom is -0.462 e. The fourth-order valence-corrected chi connectivity index (χ4v) is 3.16. The van der Waals surface area contributed by atoms with Gasteiger partial charge in [-0.05, 0) is 33.1 Å². The zero-order valence-corrected chi connectivity index (χ0v) is 16.7. The third kappa shape index (κ3) is 7.15. The summed E-state index contributed by atoms with van der Waals surface area (Å²) in [4.78, 5) is 40.0. The number of thioether (sulfide) groups is 1. The Morgan fingerprint density at radius 2 is 1.96 bits per heavy atom. The van der Waals surface area contributed by atoms with Crippen LogP contribution in [0.3, 0.4) is 0 Å². The molecule has 1 aromatic heterocycles. The van der Waals surface area contributed by atoms with E-state index < -0.39 is 0 Å². The minimum absolute atomic E-state index is 0.199. The number of ether oxygens (including phenoxy) is 1. The number of hydrogen-bond donors (Lipinski definition) is 0. The van der Waals surface area contributed by atoms with Gasteiger partial charge in [0, 0.05) is 29.5 Å². The highest BCUT2D eigenvalue weighted by molar-refractivity contribution is 7.99. The van der Waals surface area contributed by atoms with Crippen LogP contribution >= 0.6 is 11.8 Å². The smallest absolute Gasteiger partial charge is 0.333 e. The third-order valence-electron chi connectivity index (χ3n) is 3.67. The van der Waals surface area contributed by atoms with Crippen LogP contribution in [0.25, 0.3) is 0 Å². The Morgan fingerprint density at radius 3 is 2.62 bits per heavy atom. The molecule has 1 rings (SSSR count). The Morgan fingerprint density at radius 1 is 1.27 bits per heavy atom. The van der Waals surface area contributed by atoms with E-state index in [2.05, 4.69) is 11.6 Å². The Hall–Kier alpha value is -1.89. The molecule has 0 bridgehead atoms. The van der Waals surface area contributed by atoms with Crippen molar-refractivity contribution in [2.24, 2.45) is 0 Å². The lowest BCUT2D eigenvalue weighted by atomic mass is 10.2. The molecule has 1 heterocycles. The van der Waals surface area contributed by atoms with Crippen molar-refractivity contribution in [2.75, 3.05) is 12.4 Å². The standard InChI is InChI=1S/C19H28N2O4S/c1-5-10-16(22)21-17(23)15(4)13-20-19(21)26-12-9-7-6-8-11-25-18(24)14(2)3/h13H,2,5-12H2,1,3-4H3. The summed E-state index contributed by atoms with van der Waals surface area (Å²) in [5.74, 6) is 0.233. The van der Waals surface area contributed by atoms with E-state index in [0.717, 1.165) is 31.4 Å². The van der Waals surface area contributed by atoms with E-state index in [4.69, 9.17) is 4.74 Å². The zero-order valence-electron chi connectivity index (χ0n) is 15.9. The van der Waals surface area contributed by atoms with E-state index in [1.54, 1.807) is 13.8 Å². The highest BCUT2D eigenvalue weighted by Gasteiger charge is 2.14. The van der Waals surface area contributed by atoms with Crippen LogP contribution in [0.2, 0.25) is 0 Å². The molecule has 0 aliphatic heterocycles. The van der Waals surface area contributed by atoms with Crippen molar-refractivity contribution >= 4 is 23.6 Å². The van der Waals surface area contributed by atoms with Crippen LogP contribution in [-0.4, -0.2) is 33.8 Å². The summed E-state index contributed by atoms with van der Waals surface area (Å²) in [6, 6.07) is 0. The summed E-state index contributed by atoms with van der Waals surface area (Å²) in [5, 5.41) is 0.467. The Kier molecular flexibility index (Phi) is 9.95. The van der Waals surface area contributed by atoms with Crippen LogP contribution in [0, 0.1) is 6.92 Å². The van der Waals surface area contributed by atoms with Gasteiger partial charge in [-0.3, -0.25) is 9.59 Å². The van der Waals surface area contributed by atoms with Crippen molar-refractivity contribution in [3.8, 4) is 0 Å². The lowest BCUT2D eigenvalue weighted by molar-refractivity contribution is -0.139. The van der Waals surface area contributed by atoms with Gasteiger partial charge in [0.2, 0.25) is 5.91 Å². The molecule has 0 aliphatic carbocycles. The summed E-state index contributed by atoms with van der Waals surface area (Å²) >= 11 is 1.43. The number of nitrogens with zero attached hydrogens (tertiary/aromatic N) is 2. The van der Waals surface area contributed by atoms with E-state index in [-0.39, 0.29) is 17.4 Å². The van der Waals surface area contributed by atoms with Gasteiger partial charge in [-0.1, -0.05) is 38.1 Å². The number of unbranched alkanes of at least 4 members (excludes halogenated alkanes) is 3. The van der Waals surface area contributed by atoms with Gasteiger partial charge in [-0.2, -0.15) is 0 Å². The van der Waals surface area contributed by atoms with Crippen LogP contribution in [0.1, 0.15) is 62.7 Å². The first kappa shape index (κ1) is 22.2. The molecule has 0 unspecified atom stereocenters. The largest absolute Gasteiger partial charge is 0.462 e. The molecule has 7 heteroatoms. The molecular weight excluding hydrogens is 352 g/mol. The minimum atomic E-state index is -0.347. The topological polar surface area (TPSA) is 78.3 Å². The van der Waals surface area contributed by atoms with E-state index in [1.165, 1.54) is 22.5 Å². The van der Waals surface area contributed by atoms with E-state index in [9.17, 15) is 14.4 Å². The molecule has 0 N–H and O–H groups in total. The molecule has 0 fully saturated rings. The van der Waals surface area contributed by atoms with Crippen molar-refractivity contribution in [1.29, 1.82) is 0 Å². The van der Waals surface area contributed by atoms with Gasteiger partial charge >= 0.3 is 5.97 Å². The molecular formula is C19H28N2O4S. The molecule has 0 spiro atoms. The lowest BCUT2D eigenvalue weighted by Crippen LogP contribution is -2.30. The molecule has 6 nitrogen and oxygen atoms in total. The second kappa shape index (κ2) is 11.7. The second-order valence-electron chi connectivity index (χ2n) is 6.19.